The van der Waals surface area contributed by atoms with Crippen LogP contribution in [0.25, 0.3) is 0 Å². The lowest BCUT2D eigenvalue weighted by atomic mass is 10.1. The molecule has 0 aliphatic heterocycles. The van der Waals surface area contributed by atoms with E-state index in [0.29, 0.717) is 0 Å². The highest BCUT2D eigenvalue weighted by Crippen LogP contribution is 2.00. The second-order valence-electron chi connectivity index (χ2n) is 2.51. The molecule has 0 saturated carbocycles. The van der Waals surface area contributed by atoms with Gasteiger partial charge in [0, 0.05) is 12.3 Å². The number of carbonyl (C=O) groups is 2. The van der Waals surface area contributed by atoms with Crippen LogP contribution in [0.5, 0.6) is 0 Å². The molecule has 0 amide bonds. The molecule has 0 heterocycles. The van der Waals surface area contributed by atoms with E-state index in [0.717, 1.165) is 0 Å². The fourth-order valence-corrected chi connectivity index (χ4v) is 0.519. The van der Waals surface area contributed by atoms with Crippen molar-refractivity contribution in [2.75, 3.05) is 0 Å². The van der Waals surface area contributed by atoms with Crippen LogP contribution in [0.4, 0.5) is 0 Å². The molecule has 0 spiro atoms. The lowest BCUT2D eigenvalue weighted by Gasteiger charge is -1.99. The van der Waals surface area contributed by atoms with Gasteiger partial charge in [0.05, 0.1) is 6.42 Å². The van der Waals surface area contributed by atoms with E-state index in [1.54, 1.807) is 13.8 Å². The van der Waals surface area contributed by atoms with E-state index >= 15 is 0 Å². The van der Waals surface area contributed by atoms with Gasteiger partial charge < -0.3 is 5.11 Å². The summed E-state index contributed by atoms with van der Waals surface area (Å²) >= 11 is 0. The minimum absolute atomic E-state index is 0.0161. The highest BCUT2D eigenvalue weighted by Gasteiger charge is 2.08. The minimum atomic E-state index is -0.908. The van der Waals surface area contributed by atoms with Crippen LogP contribution in [0.15, 0.2) is 0 Å². The summed E-state index contributed by atoms with van der Waals surface area (Å²) in [5, 5.41) is 8.19. The first kappa shape index (κ1) is 9.14. The maximum atomic E-state index is 10.8. The number of carboxylic acids is 1. The zero-order valence-corrected chi connectivity index (χ0v) is 6.26. The van der Waals surface area contributed by atoms with Gasteiger partial charge in [0.1, 0.15) is 5.78 Å². The van der Waals surface area contributed by atoms with E-state index < -0.39 is 5.97 Å². The molecule has 58 valence electrons. The molecule has 0 aromatic carbocycles. The first-order valence-electron chi connectivity index (χ1n) is 3.28. The van der Waals surface area contributed by atoms with E-state index in [1.807, 2.05) is 0 Å². The summed E-state index contributed by atoms with van der Waals surface area (Å²) in [5.41, 5.74) is 0. The van der Waals surface area contributed by atoms with Crippen LogP contribution in [0, 0.1) is 5.92 Å². The van der Waals surface area contributed by atoms with Crippen molar-refractivity contribution in [1.82, 2.24) is 0 Å². The van der Waals surface area contributed by atoms with E-state index in [1.165, 1.54) is 0 Å². The highest BCUT2D eigenvalue weighted by molar-refractivity contribution is 5.83. The van der Waals surface area contributed by atoms with Gasteiger partial charge in [-0.3, -0.25) is 9.59 Å². The summed E-state index contributed by atoms with van der Waals surface area (Å²) in [4.78, 5) is 20.8. The minimum Gasteiger partial charge on any atom is -0.481 e. The normalized spacial score (nSPS) is 9.90. The van der Waals surface area contributed by atoms with Gasteiger partial charge in [-0.15, -0.1) is 0 Å². The summed E-state index contributed by atoms with van der Waals surface area (Å²) in [6.45, 7) is 3.54. The van der Waals surface area contributed by atoms with Gasteiger partial charge in [-0.1, -0.05) is 13.8 Å². The number of hydrogen-bond acceptors (Lipinski definition) is 2. The number of Topliss-reactive ketones (excluding diaryl/α,β-unsaturated/α-hetero) is 1. The second-order valence-corrected chi connectivity index (χ2v) is 2.51. The van der Waals surface area contributed by atoms with Crippen LogP contribution in [0.2, 0.25) is 0 Å². The fourth-order valence-electron chi connectivity index (χ4n) is 0.519. The molecule has 3 nitrogen and oxygen atoms in total. The van der Waals surface area contributed by atoms with Crippen molar-refractivity contribution in [2.24, 2.45) is 5.92 Å². The third-order valence-electron chi connectivity index (χ3n) is 1.23. The van der Waals surface area contributed by atoms with Gasteiger partial charge >= 0.3 is 5.97 Å². The monoisotopic (exact) mass is 144 g/mol. The number of aliphatic carboxylic acids is 1. The van der Waals surface area contributed by atoms with Crippen LogP contribution >= 0.6 is 0 Å². The Balaban J connectivity index is 3.50. The molecule has 0 unspecified atom stereocenters. The number of hydrogen-bond donors (Lipinski definition) is 1. The lowest BCUT2D eigenvalue weighted by Crippen LogP contribution is -2.08. The predicted molar refractivity (Wildman–Crippen MR) is 36.7 cm³/mol. The Morgan fingerprint density at radius 3 is 2.10 bits per heavy atom. The standard InChI is InChI=1S/C7H12O3/c1-5(2)6(8)3-4-7(9)10/h5H,3-4H2,1-2H3,(H,9,10). The van der Waals surface area contributed by atoms with Crippen LogP contribution in [-0.2, 0) is 9.59 Å². The van der Waals surface area contributed by atoms with Crippen molar-refractivity contribution < 1.29 is 14.7 Å². The van der Waals surface area contributed by atoms with Crippen molar-refractivity contribution in [1.29, 1.82) is 0 Å². The average Bonchev–Trinajstić information content (AvgIpc) is 1.82. The van der Waals surface area contributed by atoms with E-state index in [9.17, 15) is 9.59 Å². The molecule has 0 rings (SSSR count). The smallest absolute Gasteiger partial charge is 0.303 e. The molecule has 0 bridgehead atoms. The first-order valence-corrected chi connectivity index (χ1v) is 3.28. The van der Waals surface area contributed by atoms with E-state index in [-0.39, 0.29) is 24.5 Å². The van der Waals surface area contributed by atoms with Crippen LogP contribution in [-0.4, -0.2) is 16.9 Å². The van der Waals surface area contributed by atoms with Gasteiger partial charge in [0.25, 0.3) is 0 Å². The maximum absolute atomic E-state index is 10.8. The molecule has 0 saturated heterocycles. The van der Waals surface area contributed by atoms with Crippen molar-refractivity contribution in [3.63, 3.8) is 0 Å². The number of carbonyl (C=O) groups excluding carboxylic acids is 1. The van der Waals surface area contributed by atoms with Gasteiger partial charge in [0.15, 0.2) is 0 Å². The zero-order chi connectivity index (χ0) is 8.15. The molecule has 1 N–H and O–H groups in total. The molecular formula is C7H12O3. The molecule has 0 aliphatic carbocycles. The Morgan fingerprint density at radius 1 is 1.30 bits per heavy atom. The molecule has 3 heteroatoms. The van der Waals surface area contributed by atoms with E-state index in [2.05, 4.69) is 0 Å². The zero-order valence-electron chi connectivity index (χ0n) is 6.26. The Morgan fingerprint density at radius 2 is 1.80 bits per heavy atom. The number of carboxylic acid groups (broad SMARTS) is 1. The Kier molecular flexibility index (Phi) is 3.69. The maximum Gasteiger partial charge on any atom is 0.303 e. The molecule has 0 fully saturated rings. The summed E-state index contributed by atoms with van der Waals surface area (Å²) in [6, 6.07) is 0. The van der Waals surface area contributed by atoms with Crippen molar-refractivity contribution in [2.45, 2.75) is 26.7 Å². The summed E-state index contributed by atoms with van der Waals surface area (Å²) in [7, 11) is 0. The van der Waals surface area contributed by atoms with Gasteiger partial charge in [-0.05, 0) is 0 Å². The molecular weight excluding hydrogens is 132 g/mol. The fraction of sp³-hybridized carbons (Fsp3) is 0.714. The van der Waals surface area contributed by atoms with Crippen LogP contribution in [0.3, 0.4) is 0 Å². The lowest BCUT2D eigenvalue weighted by molar-refractivity contribution is -0.138. The third kappa shape index (κ3) is 4.06. The quantitative estimate of drug-likeness (QED) is 0.642. The molecule has 0 atom stereocenters. The van der Waals surface area contributed by atoms with Crippen molar-refractivity contribution in [3.8, 4) is 0 Å². The SMILES string of the molecule is CC(C)C(=O)CCC(=O)O. The highest BCUT2D eigenvalue weighted by atomic mass is 16.4. The van der Waals surface area contributed by atoms with Gasteiger partial charge in [-0.2, -0.15) is 0 Å². The molecule has 0 aromatic heterocycles. The Bertz CT molecular complexity index is 138. The summed E-state index contributed by atoms with van der Waals surface area (Å²) < 4.78 is 0. The average molecular weight is 144 g/mol. The van der Waals surface area contributed by atoms with E-state index in [4.69, 9.17) is 5.11 Å². The van der Waals surface area contributed by atoms with Crippen LogP contribution < -0.4 is 0 Å². The Hall–Kier alpha value is -0.860. The summed E-state index contributed by atoms with van der Waals surface area (Å²) in [6.07, 6.45) is 0.115. The number of ketones is 1. The molecule has 0 aromatic rings. The molecule has 0 radical (unpaired) electrons. The number of rotatable bonds is 4. The summed E-state index contributed by atoms with van der Waals surface area (Å²) in [5.74, 6) is -0.934. The van der Waals surface area contributed by atoms with Gasteiger partial charge in [-0.25, -0.2) is 0 Å². The second kappa shape index (κ2) is 4.04. The third-order valence-corrected chi connectivity index (χ3v) is 1.23. The molecule has 10 heavy (non-hydrogen) atoms. The van der Waals surface area contributed by atoms with Gasteiger partial charge in [0.2, 0.25) is 0 Å². The largest absolute Gasteiger partial charge is 0.481 e. The van der Waals surface area contributed by atoms with Crippen molar-refractivity contribution in [3.05, 3.63) is 0 Å². The topological polar surface area (TPSA) is 54.4 Å². The molecule has 0 aliphatic rings. The van der Waals surface area contributed by atoms with Crippen LogP contribution in [0.1, 0.15) is 26.7 Å². The predicted octanol–water partition coefficient (Wildman–Crippen LogP) is 1.08. The first-order chi connectivity index (χ1) is 4.54. The van der Waals surface area contributed by atoms with Crippen molar-refractivity contribution >= 4 is 11.8 Å². The Labute approximate surface area is 60.0 Å².